The van der Waals surface area contributed by atoms with Crippen LogP contribution in [0.3, 0.4) is 0 Å². The molecule has 0 bridgehead atoms. The van der Waals surface area contributed by atoms with Crippen molar-refractivity contribution in [2.45, 2.75) is 12.2 Å². The molecule has 1 atom stereocenters. The van der Waals surface area contributed by atoms with Gasteiger partial charge in [0, 0.05) is 6.21 Å². The highest BCUT2D eigenvalue weighted by molar-refractivity contribution is 6.15. The first-order chi connectivity index (χ1) is 17.6. The van der Waals surface area contributed by atoms with Gasteiger partial charge in [-0.2, -0.15) is 18.4 Å². The van der Waals surface area contributed by atoms with Gasteiger partial charge in [0.05, 0.1) is 45.9 Å². The normalized spacial score (nSPS) is 15.6. The van der Waals surface area contributed by atoms with E-state index in [1.807, 2.05) is 6.07 Å². The Morgan fingerprint density at radius 2 is 1.78 bits per heavy atom. The molecule has 0 aromatic heterocycles. The van der Waals surface area contributed by atoms with Crippen LogP contribution in [-0.2, 0) is 11.0 Å². The first kappa shape index (κ1) is 25.1. The van der Waals surface area contributed by atoms with E-state index in [4.69, 9.17) is 10.7 Å². The first-order valence-corrected chi connectivity index (χ1v) is 10.7. The van der Waals surface area contributed by atoms with Crippen LogP contribution in [-0.4, -0.2) is 18.2 Å². The van der Waals surface area contributed by atoms with E-state index in [1.165, 1.54) is 48.5 Å². The van der Waals surface area contributed by atoms with Crippen LogP contribution in [0.4, 0.5) is 33.7 Å². The van der Waals surface area contributed by atoms with Crippen LogP contribution < -0.4 is 15.5 Å². The zero-order chi connectivity index (χ0) is 26.7. The number of hydrogen-bond acceptors (Lipinski definition) is 4. The third-order valence-electron chi connectivity index (χ3n) is 5.58. The predicted molar refractivity (Wildman–Crippen MR) is 127 cm³/mol. The smallest absolute Gasteiger partial charge is 0.326 e. The summed E-state index contributed by atoms with van der Waals surface area (Å²) in [5.41, 5.74) is -1.31. The van der Waals surface area contributed by atoms with Gasteiger partial charge in [-0.1, -0.05) is 30.3 Å². The summed E-state index contributed by atoms with van der Waals surface area (Å²) in [6.45, 7) is 0. The molecule has 3 amide bonds. The van der Waals surface area contributed by atoms with Crippen molar-refractivity contribution in [3.8, 4) is 6.07 Å². The highest BCUT2D eigenvalue weighted by Crippen LogP contribution is 2.37. The van der Waals surface area contributed by atoms with Gasteiger partial charge < -0.3 is 16.0 Å². The summed E-state index contributed by atoms with van der Waals surface area (Å²) in [4.78, 5) is 27.4. The molecule has 3 N–H and O–H groups in total. The number of carbonyl (C=O) groups is 2. The summed E-state index contributed by atoms with van der Waals surface area (Å²) < 4.78 is 54.3. The minimum absolute atomic E-state index is 0.176. The zero-order valence-corrected chi connectivity index (χ0v) is 18.8. The van der Waals surface area contributed by atoms with E-state index in [1.54, 1.807) is 0 Å². The first-order valence-electron chi connectivity index (χ1n) is 10.7. The number of benzene rings is 3. The Kier molecular flexibility index (Phi) is 6.75. The summed E-state index contributed by atoms with van der Waals surface area (Å²) in [5, 5.41) is 22.1. The molecule has 0 aliphatic carbocycles. The van der Waals surface area contributed by atoms with Gasteiger partial charge in [0.15, 0.2) is 0 Å². The fourth-order valence-corrected chi connectivity index (χ4v) is 3.86. The van der Waals surface area contributed by atoms with Gasteiger partial charge in [0.25, 0.3) is 5.91 Å². The highest BCUT2D eigenvalue weighted by atomic mass is 19.4. The molecule has 1 aliphatic rings. The zero-order valence-electron chi connectivity index (χ0n) is 18.8. The van der Waals surface area contributed by atoms with Crippen LogP contribution in [0.5, 0.6) is 0 Å². The van der Waals surface area contributed by atoms with Crippen LogP contribution in [0.1, 0.15) is 22.7 Å². The van der Waals surface area contributed by atoms with Gasteiger partial charge in [-0.25, -0.2) is 9.18 Å². The molecule has 1 aliphatic heterocycles. The maximum Gasteiger partial charge on any atom is 0.416 e. The summed E-state index contributed by atoms with van der Waals surface area (Å²) in [7, 11) is 0. The van der Waals surface area contributed by atoms with Crippen molar-refractivity contribution in [2.75, 3.05) is 10.2 Å². The average Bonchev–Trinajstić information content (AvgIpc) is 2.88. The van der Waals surface area contributed by atoms with Gasteiger partial charge in [-0.05, 0) is 48.0 Å². The lowest BCUT2D eigenvalue weighted by Gasteiger charge is -2.35. The molecule has 1 unspecified atom stereocenters. The molecule has 0 fully saturated rings. The number of hydrogen-bond donors (Lipinski definition) is 3. The molecule has 0 spiro atoms. The van der Waals surface area contributed by atoms with Crippen molar-refractivity contribution in [3.05, 3.63) is 107 Å². The van der Waals surface area contributed by atoms with Gasteiger partial charge in [-0.3, -0.25) is 9.69 Å². The number of rotatable bonds is 5. The number of alkyl halides is 3. The van der Waals surface area contributed by atoms with E-state index in [0.29, 0.717) is 17.3 Å². The summed E-state index contributed by atoms with van der Waals surface area (Å²) in [6.07, 6.45) is -4.03. The largest absolute Gasteiger partial charge is 0.416 e. The van der Waals surface area contributed by atoms with Crippen molar-refractivity contribution >= 4 is 29.5 Å². The number of allylic oxidation sites excluding steroid dienone is 1. The van der Waals surface area contributed by atoms with E-state index in [9.17, 15) is 27.2 Å². The molecular formula is C26H17F4N5O2. The monoisotopic (exact) mass is 507 g/mol. The second-order valence-corrected chi connectivity index (χ2v) is 7.88. The van der Waals surface area contributed by atoms with Crippen molar-refractivity contribution in [2.24, 2.45) is 0 Å². The third kappa shape index (κ3) is 5.04. The number of amides is 3. The molecule has 3 aromatic rings. The van der Waals surface area contributed by atoms with Crippen molar-refractivity contribution in [3.63, 3.8) is 0 Å². The van der Waals surface area contributed by atoms with Gasteiger partial charge in [-0.15, -0.1) is 0 Å². The minimum atomic E-state index is -4.70. The molecule has 37 heavy (non-hydrogen) atoms. The SMILES string of the molecule is N#Cc1ccc(C2NC(=O)N(c3cccc(C(F)(F)F)c3)C(C=N)=C2C(=O)Nc2ccccc2F)cc1. The Labute approximate surface area is 208 Å². The maximum atomic E-state index is 14.3. The van der Waals surface area contributed by atoms with Crippen LogP contribution in [0.2, 0.25) is 0 Å². The Bertz CT molecular complexity index is 1460. The summed E-state index contributed by atoms with van der Waals surface area (Å²) >= 11 is 0. The van der Waals surface area contributed by atoms with Crippen LogP contribution in [0.15, 0.2) is 84.1 Å². The number of nitriles is 1. The van der Waals surface area contributed by atoms with Gasteiger partial charge in [0.2, 0.25) is 0 Å². The van der Waals surface area contributed by atoms with E-state index in [-0.39, 0.29) is 22.6 Å². The highest BCUT2D eigenvalue weighted by Gasteiger charge is 2.39. The topological polar surface area (TPSA) is 109 Å². The number of halogens is 4. The maximum absolute atomic E-state index is 14.3. The molecule has 186 valence electrons. The summed E-state index contributed by atoms with van der Waals surface area (Å²) in [5.74, 6) is -1.63. The Balaban J connectivity index is 1.89. The Hall–Kier alpha value is -4.98. The fourth-order valence-electron chi connectivity index (χ4n) is 3.86. The molecule has 0 radical (unpaired) electrons. The third-order valence-corrected chi connectivity index (χ3v) is 5.58. The number of nitrogens with one attached hydrogen (secondary N) is 3. The van der Waals surface area contributed by atoms with E-state index in [0.717, 1.165) is 29.2 Å². The molecule has 3 aromatic carbocycles. The van der Waals surface area contributed by atoms with Crippen molar-refractivity contribution in [1.82, 2.24) is 5.32 Å². The van der Waals surface area contributed by atoms with Gasteiger partial charge in [0.1, 0.15) is 5.82 Å². The Morgan fingerprint density at radius 3 is 2.41 bits per heavy atom. The van der Waals surface area contributed by atoms with Crippen LogP contribution >= 0.6 is 0 Å². The average molecular weight is 507 g/mol. The molecule has 7 nitrogen and oxygen atoms in total. The van der Waals surface area contributed by atoms with Crippen molar-refractivity contribution in [1.29, 1.82) is 10.7 Å². The molecule has 0 saturated carbocycles. The van der Waals surface area contributed by atoms with Gasteiger partial charge >= 0.3 is 12.2 Å². The predicted octanol–water partition coefficient (Wildman–Crippen LogP) is 5.53. The lowest BCUT2D eigenvalue weighted by atomic mass is 9.93. The second kappa shape index (κ2) is 9.94. The molecular weight excluding hydrogens is 490 g/mol. The lowest BCUT2D eigenvalue weighted by Crippen LogP contribution is -2.49. The van der Waals surface area contributed by atoms with Crippen LogP contribution in [0.25, 0.3) is 0 Å². The van der Waals surface area contributed by atoms with E-state index in [2.05, 4.69) is 10.6 Å². The van der Waals surface area contributed by atoms with E-state index < -0.39 is 35.5 Å². The number of para-hydroxylation sites is 1. The minimum Gasteiger partial charge on any atom is -0.326 e. The van der Waals surface area contributed by atoms with Crippen LogP contribution in [0, 0.1) is 22.6 Å². The molecule has 4 rings (SSSR count). The van der Waals surface area contributed by atoms with E-state index >= 15 is 0 Å². The standard InChI is InChI=1S/C26H17F4N5O2/c27-19-6-1-2-7-20(19)33-24(36)22-21(14-32)35(18-5-3-4-17(12-18)26(28,29)30)25(37)34-23(22)16-10-8-15(13-31)9-11-16/h1-12,14,23,32H,(H,33,36)(H,34,37). The molecule has 1 heterocycles. The second-order valence-electron chi connectivity index (χ2n) is 7.88. The van der Waals surface area contributed by atoms with Crippen molar-refractivity contribution < 1.29 is 27.2 Å². The number of urea groups is 1. The Morgan fingerprint density at radius 1 is 1.08 bits per heavy atom. The lowest BCUT2D eigenvalue weighted by molar-refractivity contribution is -0.137. The summed E-state index contributed by atoms with van der Waals surface area (Å²) in [6, 6.07) is 15.0. The molecule has 11 heteroatoms. The number of carbonyl (C=O) groups excluding carboxylic acids is 2. The quantitative estimate of drug-likeness (QED) is 0.312. The fraction of sp³-hybridized carbons (Fsp3) is 0.0769. The number of nitrogens with zero attached hydrogens (tertiary/aromatic N) is 2. The molecule has 0 saturated heterocycles. The number of anilines is 2.